The third kappa shape index (κ3) is 5.66. The molecule has 7 heteroatoms. The van der Waals surface area contributed by atoms with Crippen LogP contribution in [0, 0.1) is 6.92 Å². The molecule has 3 heterocycles. The molecule has 0 amide bonds. The summed E-state index contributed by atoms with van der Waals surface area (Å²) >= 11 is 1.75. The molecule has 0 spiro atoms. The third-order valence-corrected chi connectivity index (χ3v) is 5.85. The van der Waals surface area contributed by atoms with E-state index in [2.05, 4.69) is 58.4 Å². The zero-order chi connectivity index (χ0) is 19.1. The zero-order valence-corrected chi connectivity index (χ0v) is 17.4. The lowest BCUT2D eigenvalue weighted by Gasteiger charge is -2.33. The predicted molar refractivity (Wildman–Crippen MR) is 114 cm³/mol. The van der Waals surface area contributed by atoms with Crippen LogP contribution < -0.4 is 15.5 Å². The molecule has 2 aromatic rings. The average Bonchev–Trinajstić information content (AvgIpc) is 3.16. The van der Waals surface area contributed by atoms with E-state index in [0.29, 0.717) is 12.6 Å². The molecule has 0 unspecified atom stereocenters. The van der Waals surface area contributed by atoms with Crippen molar-refractivity contribution in [2.45, 2.75) is 52.6 Å². The molecule has 0 aromatic carbocycles. The van der Waals surface area contributed by atoms with E-state index in [1.54, 1.807) is 11.3 Å². The Balaban J connectivity index is 1.52. The van der Waals surface area contributed by atoms with E-state index >= 15 is 0 Å². The summed E-state index contributed by atoms with van der Waals surface area (Å²) in [5, 5.41) is 8.03. The second-order valence-corrected chi connectivity index (χ2v) is 8.07. The third-order valence-electron chi connectivity index (χ3n) is 4.72. The first kappa shape index (κ1) is 19.6. The molecule has 2 aromatic heterocycles. The van der Waals surface area contributed by atoms with Gasteiger partial charge in [-0.15, -0.1) is 11.3 Å². The van der Waals surface area contributed by atoms with Crippen molar-refractivity contribution in [2.75, 3.05) is 24.5 Å². The number of aromatic nitrogens is 2. The summed E-state index contributed by atoms with van der Waals surface area (Å²) in [7, 11) is 0. The van der Waals surface area contributed by atoms with Crippen LogP contribution in [0.3, 0.4) is 0 Å². The van der Waals surface area contributed by atoms with E-state index in [4.69, 9.17) is 4.99 Å². The fourth-order valence-electron chi connectivity index (χ4n) is 3.14. The van der Waals surface area contributed by atoms with Gasteiger partial charge in [0.15, 0.2) is 5.96 Å². The molecule has 6 nitrogen and oxygen atoms in total. The minimum atomic E-state index is 0.437. The van der Waals surface area contributed by atoms with Gasteiger partial charge < -0.3 is 15.5 Å². The van der Waals surface area contributed by atoms with Gasteiger partial charge in [-0.2, -0.15) is 0 Å². The highest BCUT2D eigenvalue weighted by molar-refractivity contribution is 7.11. The summed E-state index contributed by atoms with van der Waals surface area (Å²) in [5.74, 6) is 1.97. The van der Waals surface area contributed by atoms with Gasteiger partial charge >= 0.3 is 0 Å². The second kappa shape index (κ2) is 9.69. The Hall–Kier alpha value is -2.15. The number of anilines is 1. The van der Waals surface area contributed by atoms with Crippen LogP contribution in [0.5, 0.6) is 0 Å². The number of guanidine groups is 1. The molecule has 1 fully saturated rings. The predicted octanol–water partition coefficient (Wildman–Crippen LogP) is 3.13. The van der Waals surface area contributed by atoms with Crippen molar-refractivity contribution < 1.29 is 0 Å². The highest BCUT2D eigenvalue weighted by Gasteiger charge is 2.20. The number of hydrogen-bond acceptors (Lipinski definition) is 5. The summed E-state index contributed by atoms with van der Waals surface area (Å²) in [4.78, 5) is 17.4. The van der Waals surface area contributed by atoms with Crippen molar-refractivity contribution in [1.82, 2.24) is 20.6 Å². The van der Waals surface area contributed by atoms with Crippen LogP contribution >= 0.6 is 11.3 Å². The molecule has 0 aliphatic carbocycles. The Kier molecular flexibility index (Phi) is 7.04. The van der Waals surface area contributed by atoms with Crippen molar-refractivity contribution in [2.24, 2.45) is 4.99 Å². The van der Waals surface area contributed by atoms with Crippen molar-refractivity contribution >= 4 is 23.1 Å². The highest BCUT2D eigenvalue weighted by Crippen LogP contribution is 2.18. The van der Waals surface area contributed by atoms with E-state index in [-0.39, 0.29) is 0 Å². The largest absolute Gasteiger partial charge is 0.357 e. The van der Waals surface area contributed by atoms with E-state index < -0.39 is 0 Å². The lowest BCUT2D eigenvalue weighted by molar-refractivity contribution is 0.459. The summed E-state index contributed by atoms with van der Waals surface area (Å²) in [5.41, 5.74) is 1.20. The zero-order valence-electron chi connectivity index (χ0n) is 16.5. The van der Waals surface area contributed by atoms with Crippen LogP contribution in [0.1, 0.15) is 42.1 Å². The van der Waals surface area contributed by atoms with Gasteiger partial charge in [-0.1, -0.05) is 13.0 Å². The molecule has 1 saturated heterocycles. The minimum absolute atomic E-state index is 0.437. The fraction of sp³-hybridized carbons (Fsp3) is 0.550. The molecule has 0 atom stereocenters. The van der Waals surface area contributed by atoms with Crippen molar-refractivity contribution in [3.63, 3.8) is 0 Å². The first-order valence-electron chi connectivity index (χ1n) is 9.84. The van der Waals surface area contributed by atoms with E-state index in [1.807, 2.05) is 12.4 Å². The number of piperidine rings is 1. The van der Waals surface area contributed by atoms with Crippen LogP contribution in [0.4, 0.5) is 5.82 Å². The van der Waals surface area contributed by atoms with Crippen LogP contribution in [0.25, 0.3) is 0 Å². The van der Waals surface area contributed by atoms with Crippen LogP contribution in [0.2, 0.25) is 0 Å². The number of rotatable bonds is 6. The molecule has 2 N–H and O–H groups in total. The van der Waals surface area contributed by atoms with Crippen LogP contribution in [-0.4, -0.2) is 41.6 Å². The fourth-order valence-corrected chi connectivity index (χ4v) is 3.93. The van der Waals surface area contributed by atoms with E-state index in [9.17, 15) is 0 Å². The lowest BCUT2D eigenvalue weighted by Crippen LogP contribution is -2.48. The Morgan fingerprint density at radius 3 is 2.67 bits per heavy atom. The summed E-state index contributed by atoms with van der Waals surface area (Å²) < 4.78 is 0. The number of nitrogens with one attached hydrogen (secondary N) is 2. The molecule has 1 aliphatic rings. The SMILES string of the molecule is CCNC(=NCc1ncc(CC)s1)NC1CCN(c2ccc(C)cn2)CC1. The molecule has 0 saturated carbocycles. The maximum absolute atomic E-state index is 4.73. The number of aliphatic imine (C=N–C) groups is 1. The van der Waals surface area contributed by atoms with E-state index in [0.717, 1.165) is 55.7 Å². The van der Waals surface area contributed by atoms with Gasteiger partial charge in [0.2, 0.25) is 0 Å². The van der Waals surface area contributed by atoms with Crippen molar-refractivity contribution in [3.05, 3.63) is 40.0 Å². The maximum atomic E-state index is 4.73. The topological polar surface area (TPSA) is 65.4 Å². The normalized spacial score (nSPS) is 15.8. The Bertz CT molecular complexity index is 731. The minimum Gasteiger partial charge on any atom is -0.357 e. The average molecular weight is 387 g/mol. The van der Waals surface area contributed by atoms with Gasteiger partial charge in [-0.25, -0.2) is 15.0 Å². The number of aryl methyl sites for hydroxylation is 2. The summed E-state index contributed by atoms with van der Waals surface area (Å²) in [6.45, 7) is 9.84. The number of pyridine rings is 1. The van der Waals surface area contributed by atoms with Gasteiger partial charge in [0, 0.05) is 42.9 Å². The molecule has 146 valence electrons. The second-order valence-electron chi connectivity index (χ2n) is 6.87. The number of thiazole rings is 1. The summed E-state index contributed by atoms with van der Waals surface area (Å²) in [6.07, 6.45) is 7.10. The molecule has 0 bridgehead atoms. The van der Waals surface area contributed by atoms with Crippen molar-refractivity contribution in [1.29, 1.82) is 0 Å². The molecular weight excluding hydrogens is 356 g/mol. The highest BCUT2D eigenvalue weighted by atomic mass is 32.1. The van der Waals surface area contributed by atoms with Gasteiger partial charge in [0.05, 0.1) is 6.54 Å². The molecular formula is C20H30N6S. The van der Waals surface area contributed by atoms with E-state index in [1.165, 1.54) is 10.4 Å². The molecule has 27 heavy (non-hydrogen) atoms. The monoisotopic (exact) mass is 386 g/mol. The molecule has 1 aliphatic heterocycles. The molecule has 3 rings (SSSR count). The Morgan fingerprint density at radius 1 is 1.22 bits per heavy atom. The van der Waals surface area contributed by atoms with Gasteiger partial charge in [-0.05, 0) is 44.7 Å². The Morgan fingerprint density at radius 2 is 2.04 bits per heavy atom. The smallest absolute Gasteiger partial charge is 0.191 e. The van der Waals surface area contributed by atoms with Gasteiger partial charge in [0.25, 0.3) is 0 Å². The number of hydrogen-bond donors (Lipinski definition) is 2. The van der Waals surface area contributed by atoms with Crippen LogP contribution in [-0.2, 0) is 13.0 Å². The first-order chi connectivity index (χ1) is 13.2. The number of nitrogens with zero attached hydrogens (tertiary/aromatic N) is 4. The first-order valence-corrected chi connectivity index (χ1v) is 10.7. The van der Waals surface area contributed by atoms with Gasteiger partial charge in [0.1, 0.15) is 10.8 Å². The van der Waals surface area contributed by atoms with Gasteiger partial charge in [-0.3, -0.25) is 0 Å². The Labute approximate surface area is 166 Å². The standard InChI is InChI=1S/C20H30N6S/c1-4-17-13-23-19(27-17)14-24-20(21-5-2)25-16-8-10-26(11-9-16)18-7-6-15(3)12-22-18/h6-7,12-13,16H,4-5,8-11,14H2,1-3H3,(H2,21,24,25). The summed E-state index contributed by atoms with van der Waals surface area (Å²) in [6, 6.07) is 4.69. The van der Waals surface area contributed by atoms with Crippen molar-refractivity contribution in [3.8, 4) is 0 Å². The quantitative estimate of drug-likeness (QED) is 0.590. The molecule has 0 radical (unpaired) electrons. The lowest BCUT2D eigenvalue weighted by atomic mass is 10.1. The van der Waals surface area contributed by atoms with Crippen LogP contribution in [0.15, 0.2) is 29.5 Å². The maximum Gasteiger partial charge on any atom is 0.191 e.